The zero-order valence-electron chi connectivity index (χ0n) is 17.5. The SMILES string of the molecule is COCCN(C(=O)COc1ccc([N+](=O)[O-])cc1)c1c(N)n(CC(C)C)c(=O)[nH]c1=O. The number of nitrogen functional groups attached to an aromatic ring is 1. The molecule has 1 aromatic carbocycles. The summed E-state index contributed by atoms with van der Waals surface area (Å²) in [6.45, 7) is 3.63. The topological polar surface area (TPSA) is 163 Å². The number of H-pyrrole nitrogens is 1. The van der Waals surface area contributed by atoms with Gasteiger partial charge >= 0.3 is 5.69 Å². The van der Waals surface area contributed by atoms with Gasteiger partial charge in [0.1, 0.15) is 11.6 Å². The number of carbonyl (C=O) groups is 1. The van der Waals surface area contributed by atoms with Crippen LogP contribution in [0.5, 0.6) is 5.75 Å². The number of aromatic nitrogens is 2. The number of nitro benzene ring substituents is 1. The maximum absolute atomic E-state index is 12.9. The molecule has 0 fully saturated rings. The first-order valence-electron chi connectivity index (χ1n) is 9.44. The highest BCUT2D eigenvalue weighted by atomic mass is 16.6. The minimum absolute atomic E-state index is 0.00782. The second-order valence-electron chi connectivity index (χ2n) is 7.08. The van der Waals surface area contributed by atoms with E-state index in [1.54, 1.807) is 0 Å². The van der Waals surface area contributed by atoms with Crippen LogP contribution in [0.1, 0.15) is 13.8 Å². The molecule has 0 saturated heterocycles. The summed E-state index contributed by atoms with van der Waals surface area (Å²) in [7, 11) is 1.43. The van der Waals surface area contributed by atoms with Crippen LogP contribution in [0, 0.1) is 16.0 Å². The average molecular weight is 435 g/mol. The van der Waals surface area contributed by atoms with Crippen LogP contribution in [0.2, 0.25) is 0 Å². The van der Waals surface area contributed by atoms with Gasteiger partial charge in [-0.2, -0.15) is 0 Å². The van der Waals surface area contributed by atoms with Gasteiger partial charge in [0.05, 0.1) is 11.5 Å². The summed E-state index contributed by atoms with van der Waals surface area (Å²) in [6.07, 6.45) is 0. The van der Waals surface area contributed by atoms with Crippen LogP contribution >= 0.6 is 0 Å². The maximum Gasteiger partial charge on any atom is 0.330 e. The normalized spacial score (nSPS) is 10.8. The Morgan fingerprint density at radius 1 is 1.29 bits per heavy atom. The van der Waals surface area contributed by atoms with Gasteiger partial charge in [0.2, 0.25) is 0 Å². The number of anilines is 2. The molecule has 0 aliphatic rings. The molecule has 0 atom stereocenters. The number of ether oxygens (including phenoxy) is 2. The zero-order valence-corrected chi connectivity index (χ0v) is 17.5. The number of nitrogens with two attached hydrogens (primary N) is 1. The summed E-state index contributed by atoms with van der Waals surface area (Å²) in [5.74, 6) is -0.450. The summed E-state index contributed by atoms with van der Waals surface area (Å²) in [4.78, 5) is 51.0. The van der Waals surface area contributed by atoms with E-state index >= 15 is 0 Å². The van der Waals surface area contributed by atoms with E-state index < -0.39 is 28.7 Å². The van der Waals surface area contributed by atoms with E-state index in [-0.39, 0.29) is 48.6 Å². The number of hydrogen-bond donors (Lipinski definition) is 2. The van der Waals surface area contributed by atoms with E-state index in [4.69, 9.17) is 15.2 Å². The third-order valence-electron chi connectivity index (χ3n) is 4.26. The summed E-state index contributed by atoms with van der Waals surface area (Å²) < 4.78 is 11.6. The van der Waals surface area contributed by atoms with Crippen molar-refractivity contribution in [3.05, 3.63) is 55.2 Å². The fourth-order valence-electron chi connectivity index (χ4n) is 2.82. The molecule has 2 rings (SSSR count). The molecule has 2 aromatic rings. The largest absolute Gasteiger partial charge is 0.484 e. The Kier molecular flexibility index (Phi) is 7.91. The van der Waals surface area contributed by atoms with Crippen LogP contribution in [0.3, 0.4) is 0 Å². The lowest BCUT2D eigenvalue weighted by Crippen LogP contribution is -2.44. The Balaban J connectivity index is 2.32. The standard InChI is InChI=1S/C19H25N5O7/c1-12(2)10-23-17(20)16(18(26)21-19(23)27)22(8-9-30-3)15(25)11-31-14-6-4-13(5-7-14)24(28)29/h4-7,12H,8-11,20H2,1-3H3,(H,21,26,27). The lowest BCUT2D eigenvalue weighted by molar-refractivity contribution is -0.384. The van der Waals surface area contributed by atoms with Gasteiger partial charge in [-0.25, -0.2) is 4.79 Å². The fraction of sp³-hybridized carbons (Fsp3) is 0.421. The highest BCUT2D eigenvalue weighted by molar-refractivity contribution is 5.96. The molecule has 31 heavy (non-hydrogen) atoms. The molecule has 0 aliphatic heterocycles. The number of benzene rings is 1. The van der Waals surface area contributed by atoms with Crippen LogP contribution in [0.4, 0.5) is 17.2 Å². The van der Waals surface area contributed by atoms with Gasteiger partial charge in [0.25, 0.3) is 17.2 Å². The summed E-state index contributed by atoms with van der Waals surface area (Å²) in [5.41, 5.74) is 4.34. The molecule has 0 radical (unpaired) electrons. The predicted octanol–water partition coefficient (Wildman–Crippen LogP) is 0.741. The van der Waals surface area contributed by atoms with E-state index in [2.05, 4.69) is 4.98 Å². The van der Waals surface area contributed by atoms with Gasteiger partial charge in [-0.1, -0.05) is 13.8 Å². The lowest BCUT2D eigenvalue weighted by atomic mass is 10.2. The summed E-state index contributed by atoms with van der Waals surface area (Å²) in [6, 6.07) is 5.20. The van der Waals surface area contributed by atoms with Crippen LogP contribution in [-0.2, 0) is 16.1 Å². The van der Waals surface area contributed by atoms with E-state index in [0.717, 1.165) is 4.90 Å². The number of aromatic amines is 1. The van der Waals surface area contributed by atoms with E-state index in [1.807, 2.05) is 13.8 Å². The van der Waals surface area contributed by atoms with Crippen molar-refractivity contribution in [3.8, 4) is 5.75 Å². The number of nitro groups is 1. The van der Waals surface area contributed by atoms with Gasteiger partial charge in [0, 0.05) is 32.3 Å². The van der Waals surface area contributed by atoms with Crippen molar-refractivity contribution < 1.29 is 19.2 Å². The first-order valence-corrected chi connectivity index (χ1v) is 9.44. The predicted molar refractivity (Wildman–Crippen MR) is 113 cm³/mol. The molecule has 12 heteroatoms. The van der Waals surface area contributed by atoms with Crippen molar-refractivity contribution in [1.29, 1.82) is 0 Å². The molecule has 1 amide bonds. The minimum atomic E-state index is -0.803. The van der Waals surface area contributed by atoms with Crippen LogP contribution in [0.25, 0.3) is 0 Å². The quantitative estimate of drug-likeness (QED) is 0.408. The van der Waals surface area contributed by atoms with Crippen molar-refractivity contribution in [2.75, 3.05) is 37.5 Å². The van der Waals surface area contributed by atoms with Crippen molar-refractivity contribution in [2.45, 2.75) is 20.4 Å². The number of rotatable bonds is 10. The van der Waals surface area contributed by atoms with Gasteiger partial charge in [-0.05, 0) is 18.1 Å². The molecule has 1 heterocycles. The van der Waals surface area contributed by atoms with Gasteiger partial charge in [-0.15, -0.1) is 0 Å². The highest BCUT2D eigenvalue weighted by Crippen LogP contribution is 2.20. The lowest BCUT2D eigenvalue weighted by Gasteiger charge is -2.24. The fourth-order valence-corrected chi connectivity index (χ4v) is 2.82. The van der Waals surface area contributed by atoms with Crippen molar-refractivity contribution in [1.82, 2.24) is 9.55 Å². The molecule has 0 saturated carbocycles. The summed E-state index contributed by atoms with van der Waals surface area (Å²) in [5, 5.41) is 10.7. The number of nitrogens with zero attached hydrogens (tertiary/aromatic N) is 3. The van der Waals surface area contributed by atoms with E-state index in [1.165, 1.54) is 35.9 Å². The number of hydrogen-bond acceptors (Lipinski definition) is 8. The highest BCUT2D eigenvalue weighted by Gasteiger charge is 2.25. The molecule has 3 N–H and O–H groups in total. The smallest absolute Gasteiger partial charge is 0.330 e. The molecule has 12 nitrogen and oxygen atoms in total. The number of non-ortho nitro benzene ring substituents is 1. The van der Waals surface area contributed by atoms with Gasteiger partial charge < -0.3 is 15.2 Å². The Hall–Kier alpha value is -3.67. The monoisotopic (exact) mass is 435 g/mol. The molecule has 1 aromatic heterocycles. The van der Waals surface area contributed by atoms with Gasteiger partial charge in [-0.3, -0.25) is 34.2 Å². The molecule has 0 unspecified atom stereocenters. The van der Waals surface area contributed by atoms with Crippen LogP contribution < -0.4 is 26.6 Å². The maximum atomic E-state index is 12.9. The van der Waals surface area contributed by atoms with Crippen LogP contribution in [-0.4, -0.2) is 47.2 Å². The van der Waals surface area contributed by atoms with E-state index in [0.29, 0.717) is 0 Å². The second-order valence-corrected chi connectivity index (χ2v) is 7.08. The minimum Gasteiger partial charge on any atom is -0.484 e. The molecule has 0 aliphatic carbocycles. The zero-order chi connectivity index (χ0) is 23.1. The number of methoxy groups -OCH3 is 1. The molecule has 0 bridgehead atoms. The molecular formula is C19H25N5O7. The van der Waals surface area contributed by atoms with Crippen LogP contribution in [0.15, 0.2) is 33.9 Å². The van der Waals surface area contributed by atoms with Crippen molar-refractivity contribution >= 4 is 23.1 Å². The van der Waals surface area contributed by atoms with Crippen molar-refractivity contribution in [3.63, 3.8) is 0 Å². The number of carbonyl (C=O) groups excluding carboxylic acids is 1. The Morgan fingerprint density at radius 2 is 1.94 bits per heavy atom. The molecular weight excluding hydrogens is 410 g/mol. The molecule has 168 valence electrons. The van der Waals surface area contributed by atoms with Crippen molar-refractivity contribution in [2.24, 2.45) is 5.92 Å². The average Bonchev–Trinajstić information content (AvgIpc) is 2.71. The first kappa shape index (κ1) is 23.6. The first-order chi connectivity index (χ1) is 14.6. The third-order valence-corrected chi connectivity index (χ3v) is 4.26. The number of amides is 1. The van der Waals surface area contributed by atoms with E-state index in [9.17, 15) is 24.5 Å². The number of nitrogens with one attached hydrogen (secondary N) is 1. The summed E-state index contributed by atoms with van der Waals surface area (Å²) >= 11 is 0. The van der Waals surface area contributed by atoms with Gasteiger partial charge in [0.15, 0.2) is 12.3 Å². The Labute approximate surface area is 177 Å². The molecule has 0 spiro atoms. The Morgan fingerprint density at radius 3 is 2.48 bits per heavy atom. The third kappa shape index (κ3) is 5.92. The Bertz CT molecular complexity index is 1040. The second kappa shape index (κ2) is 10.4.